The van der Waals surface area contributed by atoms with Gasteiger partial charge in [0.05, 0.1) is 18.7 Å². The summed E-state index contributed by atoms with van der Waals surface area (Å²) in [7, 11) is 1.76. The third-order valence-corrected chi connectivity index (χ3v) is 5.86. The quantitative estimate of drug-likeness (QED) is 0.799. The molecular weight excluding hydrogens is 396 g/mol. The van der Waals surface area contributed by atoms with Gasteiger partial charge in [0, 0.05) is 56.0 Å². The maximum Gasteiger partial charge on any atom is 0.387 e. The van der Waals surface area contributed by atoms with Crippen LogP contribution in [0.2, 0.25) is 0 Å². The highest BCUT2D eigenvalue weighted by atomic mass is 19.3. The van der Waals surface area contributed by atoms with Crippen molar-refractivity contribution in [3.8, 4) is 5.75 Å². The van der Waals surface area contributed by atoms with E-state index in [1.165, 1.54) is 19.2 Å². The van der Waals surface area contributed by atoms with Crippen molar-refractivity contribution in [2.24, 2.45) is 0 Å². The molecular formula is C20H25F2N5O3. The Bertz CT molecular complexity index is 958. The highest BCUT2D eigenvalue weighted by Crippen LogP contribution is 2.39. The normalized spacial score (nSPS) is 20.7. The number of pyridine rings is 1. The largest absolute Gasteiger partial charge is 0.434 e. The minimum Gasteiger partial charge on any atom is -0.434 e. The van der Waals surface area contributed by atoms with Gasteiger partial charge < -0.3 is 19.6 Å². The van der Waals surface area contributed by atoms with Crippen LogP contribution in [0.15, 0.2) is 12.3 Å². The van der Waals surface area contributed by atoms with Crippen LogP contribution in [-0.2, 0) is 17.8 Å². The zero-order valence-electron chi connectivity index (χ0n) is 17.2. The number of hydrogen-bond acceptors (Lipinski definition) is 6. The van der Waals surface area contributed by atoms with Crippen molar-refractivity contribution in [1.82, 2.24) is 19.7 Å². The number of aromatic nitrogens is 3. The summed E-state index contributed by atoms with van der Waals surface area (Å²) < 4.78 is 32.0. The first kappa shape index (κ1) is 20.5. The smallest absolute Gasteiger partial charge is 0.387 e. The summed E-state index contributed by atoms with van der Waals surface area (Å²) in [6, 6.07) is 1.58. The molecule has 30 heavy (non-hydrogen) atoms. The molecule has 1 aliphatic heterocycles. The van der Waals surface area contributed by atoms with Gasteiger partial charge in [0.2, 0.25) is 5.91 Å². The molecule has 0 atom stereocenters. The highest BCUT2D eigenvalue weighted by molar-refractivity contribution is 5.74. The fourth-order valence-electron chi connectivity index (χ4n) is 4.04. The first-order valence-electron chi connectivity index (χ1n) is 9.93. The molecule has 2 aromatic heterocycles. The monoisotopic (exact) mass is 421 g/mol. The summed E-state index contributed by atoms with van der Waals surface area (Å²) in [6.07, 6.45) is 3.12. The third-order valence-electron chi connectivity index (χ3n) is 5.86. The van der Waals surface area contributed by atoms with Gasteiger partial charge in [0.1, 0.15) is 11.6 Å². The van der Waals surface area contributed by atoms with Gasteiger partial charge in [-0.1, -0.05) is 0 Å². The van der Waals surface area contributed by atoms with E-state index in [1.54, 1.807) is 23.8 Å². The maximum atomic E-state index is 12.7. The predicted molar refractivity (Wildman–Crippen MR) is 105 cm³/mol. The van der Waals surface area contributed by atoms with Crippen molar-refractivity contribution in [1.29, 1.82) is 0 Å². The Morgan fingerprint density at radius 2 is 2.13 bits per heavy atom. The zero-order chi connectivity index (χ0) is 21.6. The number of rotatable bonds is 5. The lowest BCUT2D eigenvalue weighted by Crippen LogP contribution is -2.37. The average molecular weight is 421 g/mol. The number of ether oxygens (including phenoxy) is 1. The minimum atomic E-state index is -2.93. The molecule has 0 saturated heterocycles. The van der Waals surface area contributed by atoms with Crippen LogP contribution in [0.5, 0.6) is 5.75 Å². The molecule has 4 rings (SSSR count). The SMILES string of the molecule is CC(=O)N1CCc2c(c(N(C)c3cc(OC(F)F)c(C)cn3)nn2C2CC(O)C2)C1. The molecule has 2 aromatic rings. The number of aryl methyl sites for hydroxylation is 1. The molecule has 1 amide bonds. The number of anilines is 2. The molecule has 1 N–H and O–H groups in total. The molecule has 1 fully saturated rings. The molecule has 0 spiro atoms. The molecule has 0 aromatic carbocycles. The number of carbonyl (C=O) groups excluding carboxylic acids is 1. The summed E-state index contributed by atoms with van der Waals surface area (Å²) in [4.78, 5) is 19.8. The summed E-state index contributed by atoms with van der Waals surface area (Å²) in [5, 5.41) is 14.5. The number of fused-ring (bicyclic) bond motifs is 1. The Hall–Kier alpha value is -2.75. The Labute approximate surface area is 173 Å². The van der Waals surface area contributed by atoms with E-state index >= 15 is 0 Å². The summed E-state index contributed by atoms with van der Waals surface area (Å²) in [5.74, 6) is 1.08. The lowest BCUT2D eigenvalue weighted by atomic mass is 9.89. The zero-order valence-corrected chi connectivity index (χ0v) is 17.2. The number of aliphatic hydroxyl groups excluding tert-OH is 1. The van der Waals surface area contributed by atoms with Crippen LogP contribution >= 0.6 is 0 Å². The van der Waals surface area contributed by atoms with E-state index in [1.807, 2.05) is 4.68 Å². The molecule has 1 saturated carbocycles. The third kappa shape index (κ3) is 3.71. The standard InChI is InChI=1S/C20H25F2N5O3/c1-11-9-23-18(8-17(11)30-20(21)22)25(3)19-15-10-26(12(2)28)5-4-16(15)27(24-19)13-6-14(29)7-13/h8-9,13-14,20,29H,4-7,10H2,1-3H3. The molecule has 0 radical (unpaired) electrons. The van der Waals surface area contributed by atoms with Gasteiger partial charge in [-0.2, -0.15) is 13.9 Å². The van der Waals surface area contributed by atoms with E-state index in [2.05, 4.69) is 9.72 Å². The Balaban J connectivity index is 1.72. The van der Waals surface area contributed by atoms with E-state index in [0.717, 1.165) is 11.3 Å². The fraction of sp³-hybridized carbons (Fsp3) is 0.550. The molecule has 0 bridgehead atoms. The first-order valence-corrected chi connectivity index (χ1v) is 9.93. The van der Waals surface area contributed by atoms with Gasteiger partial charge in [-0.05, 0) is 19.8 Å². The van der Waals surface area contributed by atoms with Crippen LogP contribution in [0.4, 0.5) is 20.4 Å². The Kier molecular flexibility index (Phi) is 5.35. The molecule has 0 unspecified atom stereocenters. The number of alkyl halides is 2. The second-order valence-corrected chi connectivity index (χ2v) is 7.91. The second kappa shape index (κ2) is 7.82. The van der Waals surface area contributed by atoms with Crippen molar-refractivity contribution in [3.05, 3.63) is 29.1 Å². The number of amides is 1. The number of carbonyl (C=O) groups is 1. The molecule has 3 heterocycles. The van der Waals surface area contributed by atoms with Crippen molar-refractivity contribution in [2.45, 2.75) is 58.4 Å². The van der Waals surface area contributed by atoms with Crippen molar-refractivity contribution >= 4 is 17.5 Å². The molecule has 10 heteroatoms. The average Bonchev–Trinajstić information content (AvgIpc) is 3.04. The van der Waals surface area contributed by atoms with Gasteiger partial charge >= 0.3 is 6.61 Å². The lowest BCUT2D eigenvalue weighted by molar-refractivity contribution is -0.129. The first-order chi connectivity index (χ1) is 14.2. The molecule has 1 aliphatic carbocycles. The second-order valence-electron chi connectivity index (χ2n) is 7.91. The van der Waals surface area contributed by atoms with Crippen LogP contribution in [0.1, 0.15) is 42.6 Å². The number of hydrogen-bond donors (Lipinski definition) is 1. The van der Waals surface area contributed by atoms with Crippen molar-refractivity contribution in [3.63, 3.8) is 0 Å². The van der Waals surface area contributed by atoms with E-state index in [4.69, 9.17) is 5.10 Å². The van der Waals surface area contributed by atoms with E-state index in [0.29, 0.717) is 49.6 Å². The van der Waals surface area contributed by atoms with Gasteiger partial charge in [0.25, 0.3) is 0 Å². The Morgan fingerprint density at radius 1 is 1.40 bits per heavy atom. The highest BCUT2D eigenvalue weighted by Gasteiger charge is 2.35. The van der Waals surface area contributed by atoms with Crippen LogP contribution in [0, 0.1) is 6.92 Å². The topological polar surface area (TPSA) is 83.7 Å². The van der Waals surface area contributed by atoms with Crippen molar-refractivity contribution < 1.29 is 23.4 Å². The van der Waals surface area contributed by atoms with Crippen molar-refractivity contribution in [2.75, 3.05) is 18.5 Å². The van der Waals surface area contributed by atoms with Crippen LogP contribution < -0.4 is 9.64 Å². The maximum absolute atomic E-state index is 12.7. The van der Waals surface area contributed by atoms with E-state index in [-0.39, 0.29) is 23.8 Å². The number of nitrogens with zero attached hydrogens (tertiary/aromatic N) is 5. The predicted octanol–water partition coefficient (Wildman–Crippen LogP) is 2.56. The van der Waals surface area contributed by atoms with Crippen LogP contribution in [0.3, 0.4) is 0 Å². The van der Waals surface area contributed by atoms with Gasteiger partial charge in [-0.3, -0.25) is 9.48 Å². The number of aliphatic hydroxyl groups is 1. The fourth-order valence-corrected chi connectivity index (χ4v) is 4.04. The van der Waals surface area contributed by atoms with E-state index < -0.39 is 6.61 Å². The minimum absolute atomic E-state index is 0.0119. The van der Waals surface area contributed by atoms with Gasteiger partial charge in [0.15, 0.2) is 5.82 Å². The summed E-state index contributed by atoms with van der Waals surface area (Å²) >= 11 is 0. The van der Waals surface area contributed by atoms with E-state index in [9.17, 15) is 18.7 Å². The van der Waals surface area contributed by atoms with Gasteiger partial charge in [-0.25, -0.2) is 4.98 Å². The van der Waals surface area contributed by atoms with Gasteiger partial charge in [-0.15, -0.1) is 0 Å². The molecule has 8 nitrogen and oxygen atoms in total. The van der Waals surface area contributed by atoms with Crippen LogP contribution in [-0.4, -0.2) is 57.0 Å². The summed E-state index contributed by atoms with van der Waals surface area (Å²) in [6.45, 7) is 1.30. The Morgan fingerprint density at radius 3 is 2.77 bits per heavy atom. The molecule has 162 valence electrons. The lowest BCUT2D eigenvalue weighted by Gasteiger charge is -2.34. The summed E-state index contributed by atoms with van der Waals surface area (Å²) in [5.41, 5.74) is 2.47. The van der Waals surface area contributed by atoms with Crippen LogP contribution in [0.25, 0.3) is 0 Å². The number of halogens is 2. The molecule has 2 aliphatic rings.